The van der Waals surface area contributed by atoms with Crippen LogP contribution in [0.2, 0.25) is 0 Å². The molecule has 0 aromatic heterocycles. The number of aliphatic hydroxyl groups is 1. The number of rotatable bonds is 3. The maximum atomic E-state index is 13.0. The van der Waals surface area contributed by atoms with Gasteiger partial charge in [-0.05, 0) is 17.7 Å². The summed E-state index contributed by atoms with van der Waals surface area (Å²) in [6, 6.07) is 3.65. The number of esters is 1. The molecule has 0 bridgehead atoms. The molecule has 1 unspecified atom stereocenters. The molecule has 15 heavy (non-hydrogen) atoms. The van der Waals surface area contributed by atoms with Crippen LogP contribution in [0.15, 0.2) is 18.2 Å². The number of carbonyl (C=O) groups excluding carboxylic acids is 1. The molecule has 1 N–H and O–H groups in total. The zero-order valence-corrected chi connectivity index (χ0v) is 8.36. The van der Waals surface area contributed by atoms with Gasteiger partial charge in [0.2, 0.25) is 0 Å². The van der Waals surface area contributed by atoms with Crippen LogP contribution in [0.3, 0.4) is 0 Å². The number of methoxy groups -OCH3 is 2. The lowest BCUT2D eigenvalue weighted by atomic mass is 10.1. The van der Waals surface area contributed by atoms with E-state index in [0.717, 1.165) is 13.2 Å². The quantitative estimate of drug-likeness (QED) is 0.764. The number of carbonyl (C=O) groups is 1. The molecule has 0 heterocycles. The average molecular weight is 214 g/mol. The summed E-state index contributed by atoms with van der Waals surface area (Å²) in [6.45, 7) is 0. The van der Waals surface area contributed by atoms with Crippen molar-refractivity contribution in [3.05, 3.63) is 29.6 Å². The second kappa shape index (κ2) is 4.75. The first-order valence-corrected chi connectivity index (χ1v) is 4.19. The van der Waals surface area contributed by atoms with Crippen LogP contribution in [0.1, 0.15) is 11.7 Å². The largest absolute Gasteiger partial charge is 0.494 e. The minimum Gasteiger partial charge on any atom is -0.494 e. The van der Waals surface area contributed by atoms with Gasteiger partial charge < -0.3 is 14.6 Å². The number of aliphatic hydroxyl groups excluding tert-OH is 1. The Bertz CT molecular complexity index is 364. The minimum atomic E-state index is -1.43. The first-order chi connectivity index (χ1) is 7.10. The lowest BCUT2D eigenvalue weighted by molar-refractivity contribution is -0.150. The van der Waals surface area contributed by atoms with Gasteiger partial charge in [-0.15, -0.1) is 0 Å². The standard InChI is InChI=1S/C10H11FO4/c1-14-8-5-6(3-4-7(8)11)9(12)10(13)15-2/h3-5,9,12H,1-2H3. The van der Waals surface area contributed by atoms with E-state index in [1.807, 2.05) is 0 Å². The third kappa shape index (κ3) is 2.44. The maximum absolute atomic E-state index is 13.0. The second-order valence-electron chi connectivity index (χ2n) is 2.82. The Morgan fingerprint density at radius 3 is 2.67 bits per heavy atom. The summed E-state index contributed by atoms with van der Waals surface area (Å²) in [5, 5.41) is 9.45. The summed E-state index contributed by atoms with van der Waals surface area (Å²) in [5.41, 5.74) is 0.222. The van der Waals surface area contributed by atoms with Crippen molar-refractivity contribution in [3.8, 4) is 5.75 Å². The van der Waals surface area contributed by atoms with Crippen LogP contribution in [-0.4, -0.2) is 25.3 Å². The molecular weight excluding hydrogens is 203 g/mol. The van der Waals surface area contributed by atoms with Crippen LogP contribution in [0.4, 0.5) is 4.39 Å². The molecule has 0 radical (unpaired) electrons. The van der Waals surface area contributed by atoms with Crippen molar-refractivity contribution in [1.29, 1.82) is 0 Å². The highest BCUT2D eigenvalue weighted by Crippen LogP contribution is 2.23. The molecule has 0 saturated carbocycles. The SMILES string of the molecule is COC(=O)C(O)c1ccc(F)c(OC)c1. The molecular formula is C10H11FO4. The van der Waals surface area contributed by atoms with Crippen molar-refractivity contribution in [2.45, 2.75) is 6.10 Å². The smallest absolute Gasteiger partial charge is 0.339 e. The topological polar surface area (TPSA) is 55.8 Å². The highest BCUT2D eigenvalue weighted by atomic mass is 19.1. The average Bonchev–Trinajstić information content (AvgIpc) is 2.27. The predicted molar refractivity (Wildman–Crippen MR) is 49.9 cm³/mol. The molecule has 0 fully saturated rings. The van der Waals surface area contributed by atoms with Gasteiger partial charge in [0.15, 0.2) is 17.7 Å². The molecule has 1 aromatic rings. The highest BCUT2D eigenvalue weighted by molar-refractivity contribution is 5.76. The number of halogens is 1. The fraction of sp³-hybridized carbons (Fsp3) is 0.300. The van der Waals surface area contributed by atoms with Gasteiger partial charge in [-0.2, -0.15) is 0 Å². The van der Waals surface area contributed by atoms with Crippen LogP contribution in [0.5, 0.6) is 5.75 Å². The zero-order valence-electron chi connectivity index (χ0n) is 8.36. The summed E-state index contributed by atoms with van der Waals surface area (Å²) in [5.74, 6) is -1.39. The van der Waals surface area contributed by atoms with E-state index in [1.54, 1.807) is 0 Å². The Balaban J connectivity index is 3.00. The minimum absolute atomic E-state index is 0.0320. The van der Waals surface area contributed by atoms with Crippen molar-refractivity contribution >= 4 is 5.97 Å². The van der Waals surface area contributed by atoms with E-state index in [4.69, 9.17) is 4.74 Å². The summed E-state index contributed by atoms with van der Waals surface area (Å²) < 4.78 is 22.1. The Hall–Kier alpha value is -1.62. The van der Waals surface area contributed by atoms with Crippen LogP contribution in [0.25, 0.3) is 0 Å². The number of hydrogen-bond donors (Lipinski definition) is 1. The third-order valence-electron chi connectivity index (χ3n) is 1.92. The molecule has 5 heteroatoms. The van der Waals surface area contributed by atoms with Crippen molar-refractivity contribution < 1.29 is 23.8 Å². The lowest BCUT2D eigenvalue weighted by Gasteiger charge is -2.10. The highest BCUT2D eigenvalue weighted by Gasteiger charge is 2.19. The lowest BCUT2D eigenvalue weighted by Crippen LogP contribution is -2.13. The van der Waals surface area contributed by atoms with E-state index in [9.17, 15) is 14.3 Å². The Morgan fingerprint density at radius 2 is 2.13 bits per heavy atom. The summed E-state index contributed by atoms with van der Waals surface area (Å²) >= 11 is 0. The Labute approximate surface area is 86.2 Å². The molecule has 1 aromatic carbocycles. The third-order valence-corrected chi connectivity index (χ3v) is 1.92. The first kappa shape index (κ1) is 11.5. The van der Waals surface area contributed by atoms with E-state index < -0.39 is 17.9 Å². The Morgan fingerprint density at radius 1 is 1.47 bits per heavy atom. The molecule has 0 spiro atoms. The van der Waals surface area contributed by atoms with E-state index in [0.29, 0.717) is 0 Å². The van der Waals surface area contributed by atoms with Crippen molar-refractivity contribution in [1.82, 2.24) is 0 Å². The van der Waals surface area contributed by atoms with E-state index in [-0.39, 0.29) is 11.3 Å². The second-order valence-corrected chi connectivity index (χ2v) is 2.82. The number of hydrogen-bond acceptors (Lipinski definition) is 4. The van der Waals surface area contributed by atoms with E-state index >= 15 is 0 Å². The van der Waals surface area contributed by atoms with Crippen LogP contribution >= 0.6 is 0 Å². The maximum Gasteiger partial charge on any atom is 0.339 e. The first-order valence-electron chi connectivity index (χ1n) is 4.19. The normalized spacial score (nSPS) is 12.0. The van der Waals surface area contributed by atoms with E-state index in [1.165, 1.54) is 19.2 Å². The molecule has 4 nitrogen and oxygen atoms in total. The van der Waals surface area contributed by atoms with Gasteiger partial charge in [-0.3, -0.25) is 0 Å². The van der Waals surface area contributed by atoms with Gasteiger partial charge in [0.1, 0.15) is 0 Å². The molecule has 1 atom stereocenters. The fourth-order valence-electron chi connectivity index (χ4n) is 1.09. The van der Waals surface area contributed by atoms with Gasteiger partial charge in [0.05, 0.1) is 14.2 Å². The van der Waals surface area contributed by atoms with Crippen molar-refractivity contribution in [2.75, 3.05) is 14.2 Å². The molecule has 0 aliphatic carbocycles. The zero-order chi connectivity index (χ0) is 11.4. The van der Waals surface area contributed by atoms with E-state index in [2.05, 4.69) is 4.74 Å². The molecule has 0 aliphatic rings. The van der Waals surface area contributed by atoms with Crippen molar-refractivity contribution in [3.63, 3.8) is 0 Å². The van der Waals surface area contributed by atoms with Gasteiger partial charge >= 0.3 is 5.97 Å². The van der Waals surface area contributed by atoms with Crippen LogP contribution in [0, 0.1) is 5.82 Å². The van der Waals surface area contributed by atoms with Gasteiger partial charge in [-0.25, -0.2) is 9.18 Å². The summed E-state index contributed by atoms with van der Waals surface area (Å²) in [4.78, 5) is 11.0. The molecule has 82 valence electrons. The summed E-state index contributed by atoms with van der Waals surface area (Å²) in [7, 11) is 2.46. The van der Waals surface area contributed by atoms with Crippen LogP contribution in [-0.2, 0) is 9.53 Å². The molecule has 0 aliphatic heterocycles. The van der Waals surface area contributed by atoms with Crippen molar-refractivity contribution in [2.24, 2.45) is 0 Å². The fourth-order valence-corrected chi connectivity index (χ4v) is 1.09. The van der Waals surface area contributed by atoms with Gasteiger partial charge in [0, 0.05) is 0 Å². The number of ether oxygens (including phenoxy) is 2. The molecule has 1 rings (SSSR count). The van der Waals surface area contributed by atoms with Crippen LogP contribution < -0.4 is 4.74 Å². The Kier molecular flexibility index (Phi) is 3.62. The number of benzene rings is 1. The molecule has 0 amide bonds. The molecule has 0 saturated heterocycles. The van der Waals surface area contributed by atoms with Gasteiger partial charge in [-0.1, -0.05) is 6.07 Å². The summed E-state index contributed by atoms with van der Waals surface area (Å²) in [6.07, 6.45) is -1.43. The monoisotopic (exact) mass is 214 g/mol. The predicted octanol–water partition coefficient (Wildman–Crippen LogP) is 1.04. The van der Waals surface area contributed by atoms with Gasteiger partial charge in [0.25, 0.3) is 0 Å².